The van der Waals surface area contributed by atoms with Crippen molar-refractivity contribution in [2.45, 2.75) is 26.9 Å². The minimum atomic E-state index is -0.344. The molecule has 20 heavy (non-hydrogen) atoms. The SMILES string of the molecule is Cc1cc(CNCc2cc(Br)ccc2[N+](=O)[O-])sc1C. The summed E-state index contributed by atoms with van der Waals surface area (Å²) in [6, 6.07) is 7.16. The molecule has 0 saturated carbocycles. The van der Waals surface area contributed by atoms with Gasteiger partial charge < -0.3 is 5.32 Å². The molecule has 0 bridgehead atoms. The predicted octanol–water partition coefficient (Wildman–Crippen LogP) is 4.33. The van der Waals surface area contributed by atoms with Crippen molar-refractivity contribution in [1.29, 1.82) is 0 Å². The number of nitro groups is 1. The lowest BCUT2D eigenvalue weighted by molar-refractivity contribution is -0.385. The largest absolute Gasteiger partial charge is 0.308 e. The number of nitro benzene ring substituents is 1. The van der Waals surface area contributed by atoms with Crippen molar-refractivity contribution in [3.8, 4) is 0 Å². The molecule has 6 heteroatoms. The van der Waals surface area contributed by atoms with Gasteiger partial charge in [0.15, 0.2) is 0 Å². The van der Waals surface area contributed by atoms with Crippen LogP contribution in [0.4, 0.5) is 5.69 Å². The van der Waals surface area contributed by atoms with Crippen molar-refractivity contribution in [2.75, 3.05) is 0 Å². The maximum atomic E-state index is 11.0. The number of hydrogen-bond donors (Lipinski definition) is 1. The summed E-state index contributed by atoms with van der Waals surface area (Å²) >= 11 is 5.10. The zero-order chi connectivity index (χ0) is 14.7. The maximum Gasteiger partial charge on any atom is 0.273 e. The second-order valence-corrected chi connectivity index (χ2v) is 6.84. The topological polar surface area (TPSA) is 55.2 Å². The lowest BCUT2D eigenvalue weighted by Gasteiger charge is -2.05. The zero-order valence-corrected chi connectivity index (χ0v) is 13.7. The van der Waals surface area contributed by atoms with Gasteiger partial charge in [0, 0.05) is 38.9 Å². The zero-order valence-electron chi connectivity index (χ0n) is 11.3. The molecule has 2 rings (SSSR count). The van der Waals surface area contributed by atoms with E-state index in [1.807, 2.05) is 0 Å². The van der Waals surface area contributed by atoms with Gasteiger partial charge in [0.25, 0.3) is 5.69 Å². The van der Waals surface area contributed by atoms with E-state index in [4.69, 9.17) is 0 Å². The van der Waals surface area contributed by atoms with Gasteiger partial charge in [-0.25, -0.2) is 0 Å². The van der Waals surface area contributed by atoms with Gasteiger partial charge in [0.2, 0.25) is 0 Å². The third kappa shape index (κ3) is 3.65. The van der Waals surface area contributed by atoms with Crippen LogP contribution in [0.5, 0.6) is 0 Å². The first-order chi connectivity index (χ1) is 9.47. The fourth-order valence-corrected chi connectivity index (χ4v) is 3.36. The molecule has 1 aromatic carbocycles. The maximum absolute atomic E-state index is 11.0. The molecule has 0 atom stereocenters. The Morgan fingerprint density at radius 3 is 2.65 bits per heavy atom. The van der Waals surface area contributed by atoms with Gasteiger partial charge in [0.05, 0.1) is 4.92 Å². The summed E-state index contributed by atoms with van der Waals surface area (Å²) in [6.07, 6.45) is 0. The molecule has 1 aromatic heterocycles. The van der Waals surface area contributed by atoms with Crippen LogP contribution in [-0.4, -0.2) is 4.92 Å². The molecule has 0 aliphatic carbocycles. The van der Waals surface area contributed by atoms with Crippen LogP contribution in [0, 0.1) is 24.0 Å². The second-order valence-electron chi connectivity index (χ2n) is 4.59. The summed E-state index contributed by atoms with van der Waals surface area (Å²) < 4.78 is 0.850. The van der Waals surface area contributed by atoms with Gasteiger partial charge in [-0.2, -0.15) is 0 Å². The molecule has 0 aliphatic heterocycles. The van der Waals surface area contributed by atoms with Crippen molar-refractivity contribution in [3.05, 3.63) is 59.7 Å². The van der Waals surface area contributed by atoms with Gasteiger partial charge in [-0.3, -0.25) is 10.1 Å². The molecule has 106 valence electrons. The Hall–Kier alpha value is -1.24. The van der Waals surface area contributed by atoms with Crippen LogP contribution in [0.25, 0.3) is 0 Å². The predicted molar refractivity (Wildman–Crippen MR) is 85.1 cm³/mol. The Bertz CT molecular complexity index is 621. The van der Waals surface area contributed by atoms with Gasteiger partial charge in [-0.1, -0.05) is 15.9 Å². The molecule has 1 heterocycles. The number of hydrogen-bond acceptors (Lipinski definition) is 4. The van der Waals surface area contributed by atoms with E-state index in [1.54, 1.807) is 23.5 Å². The first-order valence-electron chi connectivity index (χ1n) is 6.17. The molecule has 0 saturated heterocycles. The fraction of sp³-hybridized carbons (Fsp3) is 0.286. The van der Waals surface area contributed by atoms with E-state index < -0.39 is 0 Å². The van der Waals surface area contributed by atoms with Gasteiger partial charge in [-0.05, 0) is 37.6 Å². The Morgan fingerprint density at radius 2 is 2.05 bits per heavy atom. The molecule has 1 N–H and O–H groups in total. The average molecular weight is 355 g/mol. The lowest BCUT2D eigenvalue weighted by Crippen LogP contribution is -2.13. The molecule has 0 amide bonds. The Balaban J connectivity index is 2.03. The molecule has 4 nitrogen and oxygen atoms in total. The van der Waals surface area contributed by atoms with Crippen LogP contribution in [0.15, 0.2) is 28.7 Å². The quantitative estimate of drug-likeness (QED) is 0.642. The average Bonchev–Trinajstić information content (AvgIpc) is 2.68. The highest BCUT2D eigenvalue weighted by Gasteiger charge is 2.13. The number of halogens is 1. The first-order valence-corrected chi connectivity index (χ1v) is 7.78. The monoisotopic (exact) mass is 354 g/mol. The summed E-state index contributed by atoms with van der Waals surface area (Å²) in [5.41, 5.74) is 2.13. The number of rotatable bonds is 5. The lowest BCUT2D eigenvalue weighted by atomic mass is 10.2. The van der Waals surface area contributed by atoms with E-state index in [-0.39, 0.29) is 10.6 Å². The van der Waals surface area contributed by atoms with E-state index in [0.717, 1.165) is 11.0 Å². The van der Waals surface area contributed by atoms with Crippen molar-refractivity contribution in [3.63, 3.8) is 0 Å². The molecule has 0 radical (unpaired) electrons. The van der Waals surface area contributed by atoms with Crippen LogP contribution in [0.1, 0.15) is 20.9 Å². The van der Waals surface area contributed by atoms with E-state index in [1.165, 1.54) is 21.4 Å². The molecule has 0 unspecified atom stereocenters. The Morgan fingerprint density at radius 1 is 1.30 bits per heavy atom. The highest BCUT2D eigenvalue weighted by molar-refractivity contribution is 9.10. The van der Waals surface area contributed by atoms with Crippen LogP contribution in [0.2, 0.25) is 0 Å². The normalized spacial score (nSPS) is 10.8. The Labute approximate surface area is 130 Å². The summed E-state index contributed by atoms with van der Waals surface area (Å²) in [6.45, 7) is 5.39. The van der Waals surface area contributed by atoms with Crippen molar-refractivity contribution in [1.82, 2.24) is 5.32 Å². The molecular formula is C14H15BrN2O2S. The van der Waals surface area contributed by atoms with Gasteiger partial charge in [0.1, 0.15) is 0 Å². The smallest absolute Gasteiger partial charge is 0.273 e. The van der Waals surface area contributed by atoms with E-state index >= 15 is 0 Å². The van der Waals surface area contributed by atoms with Gasteiger partial charge >= 0.3 is 0 Å². The van der Waals surface area contributed by atoms with Crippen LogP contribution < -0.4 is 5.32 Å². The second kappa shape index (κ2) is 6.47. The molecule has 0 aliphatic rings. The number of thiophene rings is 1. The van der Waals surface area contributed by atoms with Crippen molar-refractivity contribution in [2.24, 2.45) is 0 Å². The molecule has 0 fully saturated rings. The standard InChI is InChI=1S/C14H15BrN2O2S/c1-9-5-13(20-10(9)2)8-16-7-11-6-12(15)3-4-14(11)17(18)19/h3-6,16H,7-8H2,1-2H3. The number of benzene rings is 1. The van der Waals surface area contributed by atoms with Crippen LogP contribution >= 0.6 is 27.3 Å². The molecule has 0 spiro atoms. The summed E-state index contributed by atoms with van der Waals surface area (Å²) in [5, 5.41) is 14.2. The number of nitrogens with zero attached hydrogens (tertiary/aromatic N) is 1. The third-order valence-corrected chi connectivity index (χ3v) is 4.72. The van der Waals surface area contributed by atoms with Crippen molar-refractivity contribution < 1.29 is 4.92 Å². The number of aryl methyl sites for hydroxylation is 2. The van der Waals surface area contributed by atoms with E-state index in [0.29, 0.717) is 12.1 Å². The minimum absolute atomic E-state index is 0.152. The number of nitrogens with one attached hydrogen (secondary N) is 1. The van der Waals surface area contributed by atoms with E-state index in [2.05, 4.69) is 41.2 Å². The third-order valence-electron chi connectivity index (χ3n) is 3.07. The highest BCUT2D eigenvalue weighted by atomic mass is 79.9. The molecule has 2 aromatic rings. The van der Waals surface area contributed by atoms with Crippen LogP contribution in [-0.2, 0) is 13.1 Å². The fourth-order valence-electron chi connectivity index (χ4n) is 1.93. The first kappa shape index (κ1) is 15.2. The summed E-state index contributed by atoms with van der Waals surface area (Å²) in [7, 11) is 0. The van der Waals surface area contributed by atoms with E-state index in [9.17, 15) is 10.1 Å². The van der Waals surface area contributed by atoms with Crippen molar-refractivity contribution >= 4 is 33.0 Å². The summed E-state index contributed by atoms with van der Waals surface area (Å²) in [4.78, 5) is 13.2. The highest BCUT2D eigenvalue weighted by Crippen LogP contribution is 2.24. The Kier molecular flexibility index (Phi) is 4.91. The molecular weight excluding hydrogens is 340 g/mol. The van der Waals surface area contributed by atoms with Gasteiger partial charge in [-0.15, -0.1) is 11.3 Å². The summed E-state index contributed by atoms with van der Waals surface area (Å²) in [5.74, 6) is 0. The minimum Gasteiger partial charge on any atom is -0.308 e. The van der Waals surface area contributed by atoms with Crippen LogP contribution in [0.3, 0.4) is 0 Å².